The van der Waals surface area contributed by atoms with Crippen molar-refractivity contribution in [2.24, 2.45) is 5.92 Å². The van der Waals surface area contributed by atoms with Crippen molar-refractivity contribution in [3.8, 4) is 0 Å². The van der Waals surface area contributed by atoms with Gasteiger partial charge in [0.25, 0.3) is 0 Å². The highest BCUT2D eigenvalue weighted by molar-refractivity contribution is 6.00. The van der Waals surface area contributed by atoms with Crippen molar-refractivity contribution in [3.05, 3.63) is 54.1 Å². The molecule has 2 aromatic carbocycles. The van der Waals surface area contributed by atoms with Crippen LogP contribution in [-0.4, -0.2) is 70.8 Å². The van der Waals surface area contributed by atoms with Crippen molar-refractivity contribution >= 4 is 46.8 Å². The van der Waals surface area contributed by atoms with Gasteiger partial charge in [-0.15, -0.1) is 0 Å². The molecule has 210 valence electrons. The van der Waals surface area contributed by atoms with E-state index < -0.39 is 29.7 Å². The lowest BCUT2D eigenvalue weighted by Crippen LogP contribution is -2.46. The van der Waals surface area contributed by atoms with Gasteiger partial charge < -0.3 is 30.9 Å². The molecule has 5 amide bonds. The number of urea groups is 1. The van der Waals surface area contributed by atoms with Gasteiger partial charge in [0, 0.05) is 37.1 Å². The average Bonchev–Trinajstić information content (AvgIpc) is 2.86. The molecule has 0 saturated carbocycles. The number of carbonyl (C=O) groups is 5. The Morgan fingerprint density at radius 3 is 2.00 bits per heavy atom. The van der Waals surface area contributed by atoms with E-state index >= 15 is 0 Å². The summed E-state index contributed by atoms with van der Waals surface area (Å²) in [4.78, 5) is 63.4. The van der Waals surface area contributed by atoms with Crippen LogP contribution in [0, 0.1) is 12.8 Å². The number of carboxylic acid groups (broad SMARTS) is 1. The summed E-state index contributed by atoms with van der Waals surface area (Å²) < 4.78 is 0. The smallest absolute Gasteiger partial charge is 0.323 e. The Labute approximate surface area is 228 Å². The van der Waals surface area contributed by atoms with Gasteiger partial charge in [-0.25, -0.2) is 4.79 Å². The molecule has 0 aliphatic heterocycles. The predicted octanol–water partition coefficient (Wildman–Crippen LogP) is 3.78. The van der Waals surface area contributed by atoms with E-state index in [1.54, 1.807) is 30.3 Å². The number of carbonyl (C=O) groups excluding carboxylic acids is 4. The molecule has 2 aromatic rings. The molecule has 0 unspecified atom stereocenters. The fourth-order valence-electron chi connectivity index (χ4n) is 3.56. The van der Waals surface area contributed by atoms with Gasteiger partial charge in [-0.2, -0.15) is 0 Å². The highest BCUT2D eigenvalue weighted by Gasteiger charge is 2.22. The van der Waals surface area contributed by atoms with Crippen LogP contribution < -0.4 is 16.0 Å². The third-order valence-corrected chi connectivity index (χ3v) is 5.85. The van der Waals surface area contributed by atoms with Crippen LogP contribution in [0.15, 0.2) is 48.5 Å². The number of aliphatic carboxylic acids is 1. The molecule has 2 rings (SSSR count). The van der Waals surface area contributed by atoms with Crippen LogP contribution in [0.25, 0.3) is 0 Å². The summed E-state index contributed by atoms with van der Waals surface area (Å²) in [5, 5.41) is 17.2. The highest BCUT2D eigenvalue weighted by Crippen LogP contribution is 2.16. The zero-order valence-electron chi connectivity index (χ0n) is 22.8. The van der Waals surface area contributed by atoms with E-state index in [1.807, 2.05) is 39.0 Å². The molecule has 39 heavy (non-hydrogen) atoms. The number of hydrogen-bond donors (Lipinski definition) is 4. The minimum Gasteiger partial charge on any atom is -0.481 e. The lowest BCUT2D eigenvalue weighted by molar-refractivity contribution is -0.142. The molecule has 11 nitrogen and oxygen atoms in total. The Morgan fingerprint density at radius 1 is 0.821 bits per heavy atom. The fourth-order valence-corrected chi connectivity index (χ4v) is 3.56. The van der Waals surface area contributed by atoms with Crippen molar-refractivity contribution < 1.29 is 29.1 Å². The van der Waals surface area contributed by atoms with E-state index in [0.717, 1.165) is 10.5 Å². The van der Waals surface area contributed by atoms with Gasteiger partial charge in [0.15, 0.2) is 0 Å². The van der Waals surface area contributed by atoms with Crippen LogP contribution in [0.3, 0.4) is 0 Å². The number of nitrogens with one attached hydrogen (secondary N) is 3. The van der Waals surface area contributed by atoms with Gasteiger partial charge in [0.2, 0.25) is 17.7 Å². The summed E-state index contributed by atoms with van der Waals surface area (Å²) >= 11 is 0. The number of hydrogen-bond acceptors (Lipinski definition) is 5. The molecular formula is C28H37N5O6. The van der Waals surface area contributed by atoms with Crippen molar-refractivity contribution in [1.82, 2.24) is 9.80 Å². The quantitative estimate of drug-likeness (QED) is 0.305. The monoisotopic (exact) mass is 539 g/mol. The maximum Gasteiger partial charge on any atom is 0.323 e. The van der Waals surface area contributed by atoms with Gasteiger partial charge in [-0.05, 0) is 55.2 Å². The van der Waals surface area contributed by atoms with Crippen molar-refractivity contribution in [1.29, 1.82) is 0 Å². The SMILES string of the molecule is CC(=O)N(CCC(=O)O)CC(=O)N(CCC(C)C)CC(=O)Nc1ccc(NC(=O)Nc2ccccc2C)cc1. The molecule has 0 bridgehead atoms. The van der Waals surface area contributed by atoms with Crippen molar-refractivity contribution in [2.75, 3.05) is 42.1 Å². The van der Waals surface area contributed by atoms with Crippen LogP contribution in [0.2, 0.25) is 0 Å². The Hall–Kier alpha value is -4.41. The second-order valence-corrected chi connectivity index (χ2v) is 9.60. The summed E-state index contributed by atoms with van der Waals surface area (Å²) in [7, 11) is 0. The number of anilines is 3. The second kappa shape index (κ2) is 15.1. The lowest BCUT2D eigenvalue weighted by atomic mass is 10.1. The largest absolute Gasteiger partial charge is 0.481 e. The highest BCUT2D eigenvalue weighted by atomic mass is 16.4. The van der Waals surface area contributed by atoms with Crippen LogP contribution in [-0.2, 0) is 19.2 Å². The molecule has 0 saturated heterocycles. The zero-order chi connectivity index (χ0) is 28.9. The third-order valence-electron chi connectivity index (χ3n) is 5.85. The normalized spacial score (nSPS) is 10.5. The minimum atomic E-state index is -1.07. The summed E-state index contributed by atoms with van der Waals surface area (Å²) in [6.07, 6.45) is 0.372. The van der Waals surface area contributed by atoms with Gasteiger partial charge >= 0.3 is 12.0 Å². The fraction of sp³-hybridized carbons (Fsp3) is 0.393. The summed E-state index contributed by atoms with van der Waals surface area (Å²) in [6.45, 7) is 6.84. The molecule has 0 spiro atoms. The Balaban J connectivity index is 1.97. The summed E-state index contributed by atoms with van der Waals surface area (Å²) in [5.74, 6) is -2.07. The molecule has 0 aliphatic carbocycles. The van der Waals surface area contributed by atoms with E-state index in [-0.39, 0.29) is 32.0 Å². The van der Waals surface area contributed by atoms with Gasteiger partial charge in [-0.3, -0.25) is 19.2 Å². The van der Waals surface area contributed by atoms with Crippen LogP contribution in [0.5, 0.6) is 0 Å². The predicted molar refractivity (Wildman–Crippen MR) is 149 cm³/mol. The molecule has 0 aromatic heterocycles. The maximum absolute atomic E-state index is 13.0. The van der Waals surface area contributed by atoms with E-state index in [0.29, 0.717) is 30.0 Å². The summed E-state index contributed by atoms with van der Waals surface area (Å²) in [5.41, 5.74) is 2.64. The third kappa shape index (κ3) is 11.2. The van der Waals surface area contributed by atoms with E-state index in [1.165, 1.54) is 11.8 Å². The first kappa shape index (κ1) is 30.8. The molecule has 4 N–H and O–H groups in total. The standard InChI is InChI=1S/C28H37N5O6/c1-19(2)13-15-33(26(36)18-32(21(4)34)16-14-27(37)38)17-25(35)29-22-9-11-23(12-10-22)30-28(39)31-24-8-6-5-7-20(24)3/h5-12,19H,13-18H2,1-4H3,(H,29,35)(H,37,38)(H2,30,31,39). The first-order chi connectivity index (χ1) is 18.4. The van der Waals surface area contributed by atoms with E-state index in [2.05, 4.69) is 16.0 Å². The number of nitrogens with zero attached hydrogens (tertiary/aromatic N) is 2. The first-order valence-electron chi connectivity index (χ1n) is 12.7. The van der Waals surface area contributed by atoms with Gasteiger partial charge in [0.1, 0.15) is 0 Å². The number of rotatable bonds is 13. The zero-order valence-corrected chi connectivity index (χ0v) is 22.8. The number of benzene rings is 2. The molecule has 0 fully saturated rings. The van der Waals surface area contributed by atoms with Crippen molar-refractivity contribution in [3.63, 3.8) is 0 Å². The number of para-hydroxylation sites is 1. The second-order valence-electron chi connectivity index (χ2n) is 9.60. The molecule has 0 heterocycles. The molecule has 0 radical (unpaired) electrons. The van der Waals surface area contributed by atoms with Crippen LogP contribution >= 0.6 is 0 Å². The molecule has 11 heteroatoms. The molecular weight excluding hydrogens is 502 g/mol. The first-order valence-corrected chi connectivity index (χ1v) is 12.7. The van der Waals surface area contributed by atoms with Crippen LogP contribution in [0.1, 0.15) is 39.2 Å². The van der Waals surface area contributed by atoms with E-state index in [9.17, 15) is 24.0 Å². The molecule has 0 atom stereocenters. The maximum atomic E-state index is 13.0. The number of amides is 5. The lowest BCUT2D eigenvalue weighted by Gasteiger charge is -2.27. The molecule has 0 aliphatic rings. The minimum absolute atomic E-state index is 0.0933. The Bertz CT molecular complexity index is 1170. The average molecular weight is 540 g/mol. The van der Waals surface area contributed by atoms with Gasteiger partial charge in [0.05, 0.1) is 19.5 Å². The Kier molecular flexibility index (Phi) is 11.9. The topological polar surface area (TPSA) is 148 Å². The van der Waals surface area contributed by atoms with Crippen LogP contribution in [0.4, 0.5) is 21.9 Å². The number of aryl methyl sites for hydroxylation is 1. The van der Waals surface area contributed by atoms with Gasteiger partial charge in [-0.1, -0.05) is 32.0 Å². The number of carboxylic acids is 1. The summed E-state index contributed by atoms with van der Waals surface area (Å²) in [6, 6.07) is 13.5. The van der Waals surface area contributed by atoms with E-state index in [4.69, 9.17) is 5.11 Å². The Morgan fingerprint density at radius 2 is 1.44 bits per heavy atom. The van der Waals surface area contributed by atoms with Crippen molar-refractivity contribution in [2.45, 2.75) is 40.5 Å².